The lowest BCUT2D eigenvalue weighted by atomic mass is 9.84. The van der Waals surface area contributed by atoms with Crippen molar-refractivity contribution in [2.24, 2.45) is 5.92 Å². The molecule has 0 saturated heterocycles. The zero-order valence-electron chi connectivity index (χ0n) is 19.9. The smallest absolute Gasteiger partial charge is 0.333 e. The summed E-state index contributed by atoms with van der Waals surface area (Å²) in [7, 11) is 1.41. The predicted molar refractivity (Wildman–Crippen MR) is 125 cm³/mol. The van der Waals surface area contributed by atoms with Crippen LogP contribution in [0.5, 0.6) is 0 Å². The number of hydrogen-bond donors (Lipinski definition) is 0. The lowest BCUT2D eigenvalue weighted by molar-refractivity contribution is -0.139. The Balaban J connectivity index is 0.000000604. The van der Waals surface area contributed by atoms with E-state index in [4.69, 9.17) is 4.74 Å². The summed E-state index contributed by atoms with van der Waals surface area (Å²) in [4.78, 5) is 22.2. The molecule has 1 saturated carbocycles. The van der Waals surface area contributed by atoms with Crippen LogP contribution in [-0.4, -0.2) is 25.7 Å². The molecule has 0 spiro atoms. The molecule has 0 aliphatic heterocycles. The minimum absolute atomic E-state index is 0.234. The molecular weight excluding hydrogens is 376 g/mol. The first-order valence-electron chi connectivity index (χ1n) is 12.0. The van der Waals surface area contributed by atoms with Crippen molar-refractivity contribution in [2.75, 3.05) is 13.7 Å². The van der Waals surface area contributed by atoms with Crippen molar-refractivity contribution in [3.05, 3.63) is 24.3 Å². The normalized spacial score (nSPS) is 13.7. The van der Waals surface area contributed by atoms with Crippen molar-refractivity contribution in [1.29, 1.82) is 0 Å². The Morgan fingerprint density at radius 1 is 0.800 bits per heavy atom. The number of unbranched alkanes of at least 4 members (excludes halogenated alkanes) is 9. The number of esters is 2. The first-order chi connectivity index (χ1) is 14.4. The van der Waals surface area contributed by atoms with E-state index in [0.29, 0.717) is 23.7 Å². The molecule has 4 heteroatoms. The SMILES string of the molecule is C=C(C(=O)OC)C1CCCCC1.C=C(C)C(=O)OCCCCCCCCCCCC. The van der Waals surface area contributed by atoms with E-state index in [1.807, 2.05) is 0 Å². The van der Waals surface area contributed by atoms with Crippen LogP contribution >= 0.6 is 0 Å². The van der Waals surface area contributed by atoms with E-state index in [-0.39, 0.29) is 11.9 Å². The van der Waals surface area contributed by atoms with Gasteiger partial charge >= 0.3 is 11.9 Å². The molecule has 0 aromatic carbocycles. The first kappa shape index (κ1) is 28.4. The molecule has 1 rings (SSSR count). The fourth-order valence-corrected chi connectivity index (χ4v) is 3.63. The van der Waals surface area contributed by atoms with Crippen LogP contribution in [0, 0.1) is 5.92 Å². The predicted octanol–water partition coefficient (Wildman–Crippen LogP) is 7.32. The summed E-state index contributed by atoms with van der Waals surface area (Å²) in [5, 5.41) is 0. The number of methoxy groups -OCH3 is 1. The zero-order chi connectivity index (χ0) is 22.6. The van der Waals surface area contributed by atoms with Gasteiger partial charge in [0, 0.05) is 11.1 Å². The van der Waals surface area contributed by atoms with Gasteiger partial charge in [0.15, 0.2) is 0 Å². The number of hydrogen-bond acceptors (Lipinski definition) is 4. The lowest BCUT2D eigenvalue weighted by Crippen LogP contribution is -2.16. The Hall–Kier alpha value is -1.58. The largest absolute Gasteiger partial charge is 0.466 e. The summed E-state index contributed by atoms with van der Waals surface area (Å²) in [5.41, 5.74) is 1.15. The number of rotatable bonds is 14. The molecule has 1 fully saturated rings. The molecule has 0 radical (unpaired) electrons. The maximum Gasteiger partial charge on any atom is 0.333 e. The summed E-state index contributed by atoms with van der Waals surface area (Å²) >= 11 is 0. The van der Waals surface area contributed by atoms with E-state index in [1.165, 1.54) is 84.2 Å². The third kappa shape index (κ3) is 15.3. The fourth-order valence-electron chi connectivity index (χ4n) is 3.63. The highest BCUT2D eigenvalue weighted by Crippen LogP contribution is 2.29. The number of carbonyl (C=O) groups is 2. The monoisotopic (exact) mass is 422 g/mol. The number of ether oxygens (including phenoxy) is 2. The van der Waals surface area contributed by atoms with Crippen LogP contribution in [-0.2, 0) is 19.1 Å². The van der Waals surface area contributed by atoms with Gasteiger partial charge in [-0.15, -0.1) is 0 Å². The molecule has 4 nitrogen and oxygen atoms in total. The molecule has 0 bridgehead atoms. The summed E-state index contributed by atoms with van der Waals surface area (Å²) in [6, 6.07) is 0. The van der Waals surface area contributed by atoms with Crippen molar-refractivity contribution in [2.45, 2.75) is 110 Å². The fraction of sp³-hybridized carbons (Fsp3) is 0.769. The van der Waals surface area contributed by atoms with Gasteiger partial charge in [-0.25, -0.2) is 9.59 Å². The Morgan fingerprint density at radius 3 is 1.77 bits per heavy atom. The van der Waals surface area contributed by atoms with Gasteiger partial charge in [0.05, 0.1) is 13.7 Å². The quantitative estimate of drug-likeness (QED) is 0.167. The Morgan fingerprint density at radius 2 is 1.30 bits per heavy atom. The lowest BCUT2D eigenvalue weighted by Gasteiger charge is -2.21. The zero-order valence-corrected chi connectivity index (χ0v) is 19.9. The summed E-state index contributed by atoms with van der Waals surface area (Å²) < 4.78 is 9.66. The molecule has 1 aliphatic carbocycles. The minimum atomic E-state index is -0.258. The van der Waals surface area contributed by atoms with E-state index in [0.717, 1.165) is 19.3 Å². The highest BCUT2D eigenvalue weighted by Gasteiger charge is 2.21. The van der Waals surface area contributed by atoms with E-state index < -0.39 is 0 Å². The van der Waals surface area contributed by atoms with Crippen LogP contribution in [0.4, 0.5) is 0 Å². The van der Waals surface area contributed by atoms with Gasteiger partial charge in [0.2, 0.25) is 0 Å². The van der Waals surface area contributed by atoms with Gasteiger partial charge in [0.1, 0.15) is 0 Å². The molecule has 0 unspecified atom stereocenters. The third-order valence-corrected chi connectivity index (χ3v) is 5.63. The Kier molecular flexibility index (Phi) is 18.4. The maximum atomic E-state index is 11.1. The molecule has 1 aliphatic rings. The van der Waals surface area contributed by atoms with Gasteiger partial charge in [-0.1, -0.05) is 97.1 Å². The van der Waals surface area contributed by atoms with Crippen LogP contribution in [0.1, 0.15) is 110 Å². The second kappa shape index (κ2) is 19.4. The van der Waals surface area contributed by atoms with Crippen molar-refractivity contribution in [3.63, 3.8) is 0 Å². The van der Waals surface area contributed by atoms with Crippen LogP contribution in [0.15, 0.2) is 24.3 Å². The molecule has 0 heterocycles. The van der Waals surface area contributed by atoms with Gasteiger partial charge in [-0.05, 0) is 32.1 Å². The third-order valence-electron chi connectivity index (χ3n) is 5.63. The molecule has 30 heavy (non-hydrogen) atoms. The van der Waals surface area contributed by atoms with Gasteiger partial charge in [0.25, 0.3) is 0 Å². The molecular formula is C26H46O4. The maximum absolute atomic E-state index is 11.1. The van der Waals surface area contributed by atoms with Crippen molar-refractivity contribution in [1.82, 2.24) is 0 Å². The summed E-state index contributed by atoms with van der Waals surface area (Å²) in [5.74, 6) is -0.112. The summed E-state index contributed by atoms with van der Waals surface area (Å²) in [6.45, 7) is 11.8. The summed E-state index contributed by atoms with van der Waals surface area (Å²) in [6.07, 6.45) is 18.9. The van der Waals surface area contributed by atoms with Crippen LogP contribution in [0.2, 0.25) is 0 Å². The molecule has 0 N–H and O–H groups in total. The van der Waals surface area contributed by atoms with Gasteiger partial charge in [-0.2, -0.15) is 0 Å². The van der Waals surface area contributed by atoms with Gasteiger partial charge in [-0.3, -0.25) is 0 Å². The first-order valence-corrected chi connectivity index (χ1v) is 12.0. The Labute approximate surface area is 185 Å². The molecule has 174 valence electrons. The van der Waals surface area contributed by atoms with Crippen molar-refractivity contribution < 1.29 is 19.1 Å². The number of carbonyl (C=O) groups excluding carboxylic acids is 2. The standard InChI is InChI=1S/C16H30O2.C10H16O2/c1-4-5-6-7-8-9-10-11-12-13-14-18-16(17)15(2)3;1-8(10(11)12-2)9-6-4-3-5-7-9/h2,4-14H2,1,3H3;9H,1,3-7H2,2H3. The van der Waals surface area contributed by atoms with Crippen LogP contribution in [0.3, 0.4) is 0 Å². The Bertz CT molecular complexity index is 489. The molecule has 0 aromatic heterocycles. The second-order valence-corrected chi connectivity index (χ2v) is 8.45. The molecule has 0 amide bonds. The van der Waals surface area contributed by atoms with Crippen LogP contribution < -0.4 is 0 Å². The van der Waals surface area contributed by atoms with E-state index >= 15 is 0 Å². The average Bonchev–Trinajstić information content (AvgIpc) is 2.77. The average molecular weight is 423 g/mol. The van der Waals surface area contributed by atoms with E-state index in [2.05, 4.69) is 24.8 Å². The minimum Gasteiger partial charge on any atom is -0.466 e. The van der Waals surface area contributed by atoms with Crippen molar-refractivity contribution >= 4 is 11.9 Å². The van der Waals surface area contributed by atoms with Crippen molar-refractivity contribution in [3.8, 4) is 0 Å². The second-order valence-electron chi connectivity index (χ2n) is 8.45. The van der Waals surface area contributed by atoms with E-state index in [9.17, 15) is 9.59 Å². The van der Waals surface area contributed by atoms with Crippen LogP contribution in [0.25, 0.3) is 0 Å². The molecule has 0 aromatic rings. The van der Waals surface area contributed by atoms with Gasteiger partial charge < -0.3 is 9.47 Å². The highest BCUT2D eigenvalue weighted by atomic mass is 16.5. The highest BCUT2D eigenvalue weighted by molar-refractivity contribution is 5.88. The topological polar surface area (TPSA) is 52.6 Å². The molecule has 0 atom stereocenters. The van der Waals surface area contributed by atoms with E-state index in [1.54, 1.807) is 6.92 Å².